The molecule has 2 aromatic rings. The van der Waals surface area contributed by atoms with Crippen molar-refractivity contribution in [1.29, 1.82) is 0 Å². The maximum atomic E-state index is 5.55. The molecule has 0 unspecified atom stereocenters. The van der Waals surface area contributed by atoms with E-state index in [0.717, 1.165) is 11.3 Å². The monoisotopic (exact) mass is 235 g/mol. The molecule has 1 aliphatic rings. The predicted molar refractivity (Wildman–Crippen MR) is 73.8 cm³/mol. The van der Waals surface area contributed by atoms with Crippen molar-refractivity contribution in [3.05, 3.63) is 72.4 Å². The van der Waals surface area contributed by atoms with Crippen LogP contribution in [0.3, 0.4) is 0 Å². The fraction of sp³-hybridized carbons (Fsp3) is 0. The summed E-state index contributed by atoms with van der Waals surface area (Å²) in [6.07, 6.45) is 7.75. The molecule has 0 atom stereocenters. The summed E-state index contributed by atoms with van der Waals surface area (Å²) >= 11 is 0. The van der Waals surface area contributed by atoms with Crippen molar-refractivity contribution in [3.8, 4) is 16.9 Å². The molecule has 3 rings (SSSR count). The summed E-state index contributed by atoms with van der Waals surface area (Å²) in [6.45, 7) is 0. The normalized spacial score (nSPS) is 16.4. The van der Waals surface area contributed by atoms with Crippen LogP contribution in [0.4, 0.5) is 0 Å². The lowest BCUT2D eigenvalue weighted by atomic mass is 9.98. The average molecular weight is 235 g/mol. The smallest absolute Gasteiger partial charge is 0.162 e. The Morgan fingerprint density at radius 3 is 2.50 bits per heavy atom. The van der Waals surface area contributed by atoms with Gasteiger partial charge in [-0.05, 0) is 23.3 Å². The fourth-order valence-electron chi connectivity index (χ4n) is 2.02. The van der Waals surface area contributed by atoms with Crippen LogP contribution in [0.2, 0.25) is 0 Å². The van der Waals surface area contributed by atoms with Gasteiger partial charge in [-0.15, -0.1) is 0 Å². The zero-order chi connectivity index (χ0) is 12.2. The Morgan fingerprint density at radius 1 is 0.778 bits per heavy atom. The highest BCUT2D eigenvalue weighted by molar-refractivity contribution is 5.79. The van der Waals surface area contributed by atoms with Gasteiger partial charge < -0.3 is 4.84 Å². The first-order valence-electron chi connectivity index (χ1n) is 5.89. The van der Waals surface area contributed by atoms with Gasteiger partial charge in [0.15, 0.2) is 5.75 Å². The summed E-state index contributed by atoms with van der Waals surface area (Å²) in [5, 5.41) is 0. The van der Waals surface area contributed by atoms with Gasteiger partial charge in [0.1, 0.15) is 0 Å². The second-order valence-electron chi connectivity index (χ2n) is 4.02. The molecule has 0 saturated heterocycles. The van der Waals surface area contributed by atoms with Gasteiger partial charge >= 0.3 is 0 Å². The minimum absolute atomic E-state index is 0.824. The van der Waals surface area contributed by atoms with Gasteiger partial charge in [0.2, 0.25) is 0 Å². The summed E-state index contributed by atoms with van der Waals surface area (Å²) in [6, 6.07) is 16.3. The molecular formula is C16H13NO. The Hall–Kier alpha value is -2.48. The molecule has 0 fully saturated rings. The summed E-state index contributed by atoms with van der Waals surface area (Å²) < 4.78 is 0. The lowest BCUT2D eigenvalue weighted by Crippen LogP contribution is -2.11. The Morgan fingerprint density at radius 2 is 1.56 bits per heavy atom. The first-order chi connectivity index (χ1) is 8.95. The van der Waals surface area contributed by atoms with Gasteiger partial charge in [0.05, 0.1) is 0 Å². The van der Waals surface area contributed by atoms with Crippen LogP contribution in [-0.4, -0.2) is 0 Å². The van der Waals surface area contributed by atoms with Crippen LogP contribution in [0.25, 0.3) is 17.2 Å². The molecule has 18 heavy (non-hydrogen) atoms. The van der Waals surface area contributed by atoms with Crippen LogP contribution in [0, 0.1) is 0 Å². The van der Waals surface area contributed by atoms with E-state index in [4.69, 9.17) is 4.84 Å². The summed E-state index contributed by atoms with van der Waals surface area (Å²) in [5.74, 6) is 0.824. The summed E-state index contributed by atoms with van der Waals surface area (Å²) in [4.78, 5) is 5.55. The van der Waals surface area contributed by atoms with E-state index in [2.05, 4.69) is 29.8 Å². The molecule has 0 bridgehead atoms. The number of allylic oxidation sites excluding steroid dienone is 2. The standard InChI is InChI=1S/C16H13NO/c1-2-9-14-13(7-1)8-5-6-12-17-18-16-11-4-3-10-15(14)16/h1-12,17H/b8-5-,12-6-. The van der Waals surface area contributed by atoms with E-state index in [1.807, 2.05) is 42.5 Å². The van der Waals surface area contributed by atoms with Gasteiger partial charge in [0.25, 0.3) is 0 Å². The van der Waals surface area contributed by atoms with Crippen molar-refractivity contribution in [2.24, 2.45) is 0 Å². The fourth-order valence-corrected chi connectivity index (χ4v) is 2.02. The maximum Gasteiger partial charge on any atom is 0.162 e. The van der Waals surface area contributed by atoms with Crippen LogP contribution in [-0.2, 0) is 0 Å². The van der Waals surface area contributed by atoms with Gasteiger partial charge in [-0.1, -0.05) is 54.6 Å². The molecule has 0 saturated carbocycles. The molecular weight excluding hydrogens is 222 g/mol. The predicted octanol–water partition coefficient (Wildman–Crippen LogP) is 3.78. The number of hydroxylamine groups is 1. The largest absolute Gasteiger partial charge is 0.382 e. The summed E-state index contributed by atoms with van der Waals surface area (Å²) in [7, 11) is 0. The Bertz CT molecular complexity index is 614. The van der Waals surface area contributed by atoms with E-state index >= 15 is 0 Å². The van der Waals surface area contributed by atoms with E-state index in [0.29, 0.717) is 0 Å². The molecule has 2 aromatic carbocycles. The quantitative estimate of drug-likeness (QED) is 0.750. The van der Waals surface area contributed by atoms with Crippen molar-refractivity contribution in [2.75, 3.05) is 0 Å². The second kappa shape index (κ2) is 4.80. The molecule has 1 heterocycles. The number of benzene rings is 2. The topological polar surface area (TPSA) is 21.3 Å². The van der Waals surface area contributed by atoms with Crippen molar-refractivity contribution in [1.82, 2.24) is 5.48 Å². The number of fused-ring (bicyclic) bond motifs is 3. The van der Waals surface area contributed by atoms with Crippen LogP contribution in [0.5, 0.6) is 5.75 Å². The number of hydrogen-bond donors (Lipinski definition) is 1. The highest BCUT2D eigenvalue weighted by Crippen LogP contribution is 2.32. The third kappa shape index (κ3) is 2.00. The van der Waals surface area contributed by atoms with E-state index in [1.165, 1.54) is 11.1 Å². The molecule has 0 aliphatic carbocycles. The highest BCUT2D eigenvalue weighted by Gasteiger charge is 2.08. The molecule has 0 aromatic heterocycles. The molecule has 2 heteroatoms. The Balaban J connectivity index is 2.23. The van der Waals surface area contributed by atoms with Crippen LogP contribution >= 0.6 is 0 Å². The SMILES string of the molecule is C1=C\NOc2ccccc2-c2ccccc2\C=C/1. The van der Waals surface area contributed by atoms with Crippen molar-refractivity contribution < 1.29 is 4.84 Å². The van der Waals surface area contributed by atoms with Crippen LogP contribution < -0.4 is 10.3 Å². The third-order valence-electron chi connectivity index (χ3n) is 2.86. The van der Waals surface area contributed by atoms with Gasteiger partial charge in [-0.25, -0.2) is 5.48 Å². The minimum Gasteiger partial charge on any atom is -0.382 e. The van der Waals surface area contributed by atoms with E-state index in [-0.39, 0.29) is 0 Å². The summed E-state index contributed by atoms with van der Waals surface area (Å²) in [5.41, 5.74) is 6.24. The van der Waals surface area contributed by atoms with Gasteiger partial charge in [-0.2, -0.15) is 0 Å². The lowest BCUT2D eigenvalue weighted by Gasteiger charge is -2.13. The molecule has 88 valence electrons. The van der Waals surface area contributed by atoms with Crippen molar-refractivity contribution in [2.45, 2.75) is 0 Å². The molecule has 2 nitrogen and oxygen atoms in total. The van der Waals surface area contributed by atoms with Gasteiger partial charge in [-0.3, -0.25) is 0 Å². The Labute approximate surface area is 106 Å². The molecule has 0 radical (unpaired) electrons. The molecule has 0 amide bonds. The van der Waals surface area contributed by atoms with E-state index < -0.39 is 0 Å². The first-order valence-corrected chi connectivity index (χ1v) is 5.89. The molecule has 1 N–H and O–H groups in total. The molecule has 1 aliphatic heterocycles. The van der Waals surface area contributed by atoms with E-state index in [9.17, 15) is 0 Å². The lowest BCUT2D eigenvalue weighted by molar-refractivity contribution is 0.244. The van der Waals surface area contributed by atoms with Crippen molar-refractivity contribution >= 4 is 6.08 Å². The Kier molecular flexibility index (Phi) is 2.84. The molecule has 0 spiro atoms. The number of rotatable bonds is 0. The maximum absolute atomic E-state index is 5.55. The zero-order valence-electron chi connectivity index (χ0n) is 9.84. The van der Waals surface area contributed by atoms with Gasteiger partial charge in [0, 0.05) is 11.8 Å². The van der Waals surface area contributed by atoms with Crippen LogP contribution in [0.15, 0.2) is 66.9 Å². The van der Waals surface area contributed by atoms with E-state index in [1.54, 1.807) is 6.20 Å². The number of hydrogen-bond acceptors (Lipinski definition) is 2. The zero-order valence-corrected chi connectivity index (χ0v) is 9.84. The average Bonchev–Trinajstić information content (AvgIpc) is 2.44. The minimum atomic E-state index is 0.824. The van der Waals surface area contributed by atoms with Crippen LogP contribution in [0.1, 0.15) is 5.56 Å². The third-order valence-corrected chi connectivity index (χ3v) is 2.86. The van der Waals surface area contributed by atoms with Crippen molar-refractivity contribution in [3.63, 3.8) is 0 Å². The highest BCUT2D eigenvalue weighted by atomic mass is 16.6. The number of nitrogens with one attached hydrogen (secondary N) is 1. The first kappa shape index (κ1) is 10.7. The number of para-hydroxylation sites is 1. The second-order valence-corrected chi connectivity index (χ2v) is 4.02.